The summed E-state index contributed by atoms with van der Waals surface area (Å²) in [5, 5.41) is 5.96. The fourth-order valence-corrected chi connectivity index (χ4v) is 7.39. The number of fused-ring (bicyclic) bond motifs is 1. The molecule has 3 N–H and O–H groups in total. The molecule has 15 heteroatoms. The van der Waals surface area contributed by atoms with Crippen LogP contribution in [0.1, 0.15) is 18.9 Å². The Morgan fingerprint density at radius 2 is 1.86 bits per heavy atom. The molecule has 1 atom stereocenters. The average molecular weight is 624 g/mol. The van der Waals surface area contributed by atoms with E-state index in [1.807, 2.05) is 38.1 Å². The van der Waals surface area contributed by atoms with Gasteiger partial charge in [0.25, 0.3) is 0 Å². The number of hydrogen-bond donors (Lipinski definition) is 3. The van der Waals surface area contributed by atoms with Crippen LogP contribution < -0.4 is 15.4 Å². The number of carbonyl (C=O) groups excluding carboxylic acids is 1. The number of aryl methyl sites for hydroxylation is 1. The number of pyridine rings is 1. The molecule has 2 fully saturated rings. The third-order valence-corrected chi connectivity index (χ3v) is 9.94. The minimum atomic E-state index is -3.80. The Hall–Kier alpha value is -3.76. The molecule has 3 aromatic heterocycles. The third kappa shape index (κ3) is 6.60. The Morgan fingerprint density at radius 1 is 1.07 bits per heavy atom. The minimum absolute atomic E-state index is 0.00200. The molecule has 0 aliphatic carbocycles. The van der Waals surface area contributed by atoms with E-state index in [1.165, 1.54) is 15.6 Å². The van der Waals surface area contributed by atoms with Crippen molar-refractivity contribution in [1.82, 2.24) is 34.5 Å². The van der Waals surface area contributed by atoms with Gasteiger partial charge in [0.1, 0.15) is 0 Å². The second kappa shape index (κ2) is 12.5. The second-order valence-electron chi connectivity index (χ2n) is 10.4. The molecule has 6 rings (SSSR count). The number of thiazole rings is 1. The van der Waals surface area contributed by atoms with E-state index in [0.717, 1.165) is 46.6 Å². The number of amides is 2. The molecular formula is C28H33N9O4S2. The summed E-state index contributed by atoms with van der Waals surface area (Å²) in [6.07, 6.45) is 5.74. The number of nitrogens with one attached hydrogen (secondary N) is 3. The molecule has 13 nitrogen and oxygen atoms in total. The number of nitrogens with zero attached hydrogens (tertiary/aromatic N) is 6. The Kier molecular flexibility index (Phi) is 8.50. The zero-order valence-electron chi connectivity index (χ0n) is 23.9. The van der Waals surface area contributed by atoms with Gasteiger partial charge in [-0.3, -0.25) is 15.2 Å². The van der Waals surface area contributed by atoms with Gasteiger partial charge >= 0.3 is 16.2 Å². The normalized spacial score (nSPS) is 18.1. The van der Waals surface area contributed by atoms with Crippen LogP contribution in [-0.4, -0.2) is 95.6 Å². The van der Waals surface area contributed by atoms with E-state index in [4.69, 9.17) is 4.74 Å². The lowest BCUT2D eigenvalue weighted by Crippen LogP contribution is -2.45. The van der Waals surface area contributed by atoms with Gasteiger partial charge in [-0.25, -0.2) is 24.5 Å². The summed E-state index contributed by atoms with van der Waals surface area (Å²) >= 11 is 1.37. The van der Waals surface area contributed by atoms with E-state index in [1.54, 1.807) is 18.6 Å². The Balaban J connectivity index is 1.24. The van der Waals surface area contributed by atoms with E-state index in [2.05, 4.69) is 40.2 Å². The molecule has 2 amide bonds. The van der Waals surface area contributed by atoms with Crippen molar-refractivity contribution in [1.29, 1.82) is 0 Å². The molecule has 0 bridgehead atoms. The number of hydrogen-bond acceptors (Lipinski definition) is 10. The highest BCUT2D eigenvalue weighted by atomic mass is 32.2. The maximum atomic E-state index is 13.1. The monoisotopic (exact) mass is 623 g/mol. The van der Waals surface area contributed by atoms with Crippen LogP contribution >= 0.6 is 11.3 Å². The van der Waals surface area contributed by atoms with Crippen LogP contribution in [0.4, 0.5) is 15.9 Å². The Labute approximate surface area is 253 Å². The number of carbonyl (C=O) groups is 1. The van der Waals surface area contributed by atoms with Crippen molar-refractivity contribution in [2.24, 2.45) is 0 Å². The number of aromatic nitrogens is 4. The molecule has 2 aliphatic heterocycles. The summed E-state index contributed by atoms with van der Waals surface area (Å²) in [4.78, 5) is 32.3. The average Bonchev–Trinajstić information content (AvgIpc) is 3.66. The fourth-order valence-electron chi connectivity index (χ4n) is 5.25. The second-order valence-corrected chi connectivity index (χ2v) is 13.1. The number of urea groups is 1. The van der Waals surface area contributed by atoms with E-state index in [-0.39, 0.29) is 18.0 Å². The van der Waals surface area contributed by atoms with E-state index >= 15 is 0 Å². The van der Waals surface area contributed by atoms with Gasteiger partial charge in [0, 0.05) is 68.5 Å². The van der Waals surface area contributed by atoms with Crippen molar-refractivity contribution < 1.29 is 17.9 Å². The molecule has 0 spiro atoms. The quantitative estimate of drug-likeness (QED) is 0.268. The molecule has 0 saturated carbocycles. The first-order chi connectivity index (χ1) is 20.8. The van der Waals surface area contributed by atoms with Gasteiger partial charge in [-0.2, -0.15) is 12.7 Å². The summed E-state index contributed by atoms with van der Waals surface area (Å²) in [5.74, 6) is 0.00200. The standard InChI is InChI=1S/C28H33N9O4S2/c1-3-29-27(38)34-28-33-24-13-19(12-22(25(24)42-28)23-5-4-18(2)14-30-23)20-15-31-26(32-16-20)35-43(39,40)37-7-6-21(17-37)36-8-10-41-11-9-36/h4-5,12-16,21H,3,6-11,17H2,1-2H3,(H,31,32,35)(H2,29,33,34,38)/t21-/m1/s1. The number of ether oxygens (including phenoxy) is 1. The molecule has 4 aromatic rings. The van der Waals surface area contributed by atoms with Gasteiger partial charge in [0.05, 0.1) is 29.1 Å². The van der Waals surface area contributed by atoms with Crippen molar-refractivity contribution >= 4 is 48.9 Å². The maximum Gasteiger partial charge on any atom is 0.321 e. The van der Waals surface area contributed by atoms with Crippen LogP contribution in [0, 0.1) is 6.92 Å². The van der Waals surface area contributed by atoms with Crippen LogP contribution in [0.3, 0.4) is 0 Å². The van der Waals surface area contributed by atoms with E-state index in [0.29, 0.717) is 49.1 Å². The third-order valence-electron chi connectivity index (χ3n) is 7.47. The first kappa shape index (κ1) is 29.3. The predicted molar refractivity (Wildman–Crippen MR) is 166 cm³/mol. The molecule has 2 saturated heterocycles. The largest absolute Gasteiger partial charge is 0.379 e. The lowest BCUT2D eigenvalue weighted by atomic mass is 10.0. The number of benzene rings is 1. The Bertz CT molecular complexity index is 1710. The highest BCUT2D eigenvalue weighted by Crippen LogP contribution is 2.38. The lowest BCUT2D eigenvalue weighted by Gasteiger charge is -2.32. The van der Waals surface area contributed by atoms with Crippen molar-refractivity contribution in [3.63, 3.8) is 0 Å². The van der Waals surface area contributed by atoms with E-state index < -0.39 is 10.2 Å². The maximum absolute atomic E-state index is 13.1. The summed E-state index contributed by atoms with van der Waals surface area (Å²) in [6.45, 7) is 8.17. The SMILES string of the molecule is CCNC(=O)Nc1nc2cc(-c3cnc(NS(=O)(=O)N4CC[C@@H](N5CCOCC5)C4)nc3)cc(-c3ccc(C)cn3)c2s1. The molecule has 1 aromatic carbocycles. The van der Waals surface area contributed by atoms with Crippen LogP contribution in [0.2, 0.25) is 0 Å². The molecule has 226 valence electrons. The topological polar surface area (TPSA) is 155 Å². The fraction of sp³-hybridized carbons (Fsp3) is 0.393. The first-order valence-corrected chi connectivity index (χ1v) is 16.4. The van der Waals surface area contributed by atoms with Crippen molar-refractivity contribution in [2.75, 3.05) is 56.0 Å². The van der Waals surface area contributed by atoms with Crippen LogP contribution in [0.25, 0.3) is 32.6 Å². The molecule has 5 heterocycles. The minimum Gasteiger partial charge on any atom is -0.379 e. The van der Waals surface area contributed by atoms with Gasteiger partial charge in [-0.15, -0.1) is 0 Å². The summed E-state index contributed by atoms with van der Waals surface area (Å²) < 4.78 is 36.5. The number of morpholine rings is 1. The molecule has 2 aliphatic rings. The number of rotatable bonds is 8. The summed E-state index contributed by atoms with van der Waals surface area (Å²) in [6, 6.07) is 7.66. The molecule has 0 radical (unpaired) electrons. The summed E-state index contributed by atoms with van der Waals surface area (Å²) in [7, 11) is -3.80. The zero-order valence-corrected chi connectivity index (χ0v) is 25.5. The number of anilines is 2. The van der Waals surface area contributed by atoms with Gasteiger partial charge in [0.2, 0.25) is 5.95 Å². The van der Waals surface area contributed by atoms with Crippen LogP contribution in [0.5, 0.6) is 0 Å². The molecule has 43 heavy (non-hydrogen) atoms. The van der Waals surface area contributed by atoms with Crippen molar-refractivity contribution in [3.8, 4) is 22.4 Å². The lowest BCUT2D eigenvalue weighted by molar-refractivity contribution is 0.0197. The van der Waals surface area contributed by atoms with Gasteiger partial charge < -0.3 is 10.1 Å². The van der Waals surface area contributed by atoms with Gasteiger partial charge in [-0.1, -0.05) is 17.4 Å². The van der Waals surface area contributed by atoms with E-state index in [9.17, 15) is 13.2 Å². The first-order valence-electron chi connectivity index (χ1n) is 14.1. The smallest absolute Gasteiger partial charge is 0.321 e. The molecule has 0 unspecified atom stereocenters. The summed E-state index contributed by atoms with van der Waals surface area (Å²) in [5.41, 5.74) is 4.79. The van der Waals surface area contributed by atoms with Gasteiger partial charge in [0.15, 0.2) is 5.13 Å². The van der Waals surface area contributed by atoms with Crippen molar-refractivity contribution in [2.45, 2.75) is 26.3 Å². The van der Waals surface area contributed by atoms with Crippen LogP contribution in [0.15, 0.2) is 42.9 Å². The zero-order chi connectivity index (χ0) is 30.0. The highest BCUT2D eigenvalue weighted by molar-refractivity contribution is 7.90. The highest BCUT2D eigenvalue weighted by Gasteiger charge is 2.35. The molecular weight excluding hydrogens is 591 g/mol. The van der Waals surface area contributed by atoms with Crippen molar-refractivity contribution in [3.05, 3.63) is 48.4 Å². The predicted octanol–water partition coefficient (Wildman–Crippen LogP) is 3.33. The van der Waals surface area contributed by atoms with Gasteiger partial charge in [-0.05, 0) is 49.6 Å². The van der Waals surface area contributed by atoms with Crippen LogP contribution in [-0.2, 0) is 14.9 Å². The Morgan fingerprint density at radius 3 is 2.58 bits per heavy atom.